The second-order valence-electron chi connectivity index (χ2n) is 5.24. The van der Waals surface area contributed by atoms with Crippen LogP contribution < -0.4 is 0 Å². The first-order valence-electron chi connectivity index (χ1n) is 7.43. The Morgan fingerprint density at radius 2 is 1.91 bits per heavy atom. The highest BCUT2D eigenvalue weighted by Gasteiger charge is 2.17. The number of halogens is 1. The van der Waals surface area contributed by atoms with Gasteiger partial charge in [0, 0.05) is 36.0 Å². The van der Waals surface area contributed by atoms with Crippen molar-refractivity contribution in [3.05, 3.63) is 46.6 Å². The molecule has 5 heteroatoms. The van der Waals surface area contributed by atoms with E-state index in [1.165, 1.54) is 0 Å². The first-order valence-corrected chi connectivity index (χ1v) is 8.22. The molecule has 4 nitrogen and oxygen atoms in total. The summed E-state index contributed by atoms with van der Waals surface area (Å²) in [6, 6.07) is 11.8. The molecule has 3 rings (SSSR count). The number of furan rings is 1. The molecule has 0 N–H and O–H groups in total. The van der Waals surface area contributed by atoms with Crippen LogP contribution in [0.3, 0.4) is 0 Å². The van der Waals surface area contributed by atoms with E-state index < -0.39 is 0 Å². The number of rotatable bonds is 4. The van der Waals surface area contributed by atoms with Crippen molar-refractivity contribution in [2.24, 2.45) is 0 Å². The molecule has 1 saturated heterocycles. The normalized spacial score (nSPS) is 15.0. The minimum Gasteiger partial charge on any atom is -0.461 e. The molecule has 1 fully saturated rings. The number of benzene rings is 1. The molecule has 1 amide bonds. The van der Waals surface area contributed by atoms with Crippen molar-refractivity contribution in [3.63, 3.8) is 0 Å². The Balaban J connectivity index is 1.60. The summed E-state index contributed by atoms with van der Waals surface area (Å²) in [5, 5.41) is 0. The number of ether oxygens (including phenoxy) is 1. The van der Waals surface area contributed by atoms with Crippen molar-refractivity contribution in [1.29, 1.82) is 0 Å². The summed E-state index contributed by atoms with van der Waals surface area (Å²) >= 11 is 3.52. The zero-order valence-electron chi connectivity index (χ0n) is 12.3. The molecule has 0 unspecified atom stereocenters. The third-order valence-electron chi connectivity index (χ3n) is 3.75. The highest BCUT2D eigenvalue weighted by atomic mass is 79.9. The van der Waals surface area contributed by atoms with Gasteiger partial charge in [0.25, 0.3) is 0 Å². The van der Waals surface area contributed by atoms with E-state index in [-0.39, 0.29) is 5.91 Å². The topological polar surface area (TPSA) is 42.7 Å². The zero-order chi connectivity index (χ0) is 15.4. The predicted molar refractivity (Wildman–Crippen MR) is 87.6 cm³/mol. The molecule has 1 aliphatic rings. The third kappa shape index (κ3) is 3.59. The van der Waals surface area contributed by atoms with Gasteiger partial charge in [-0.1, -0.05) is 34.1 Å². The van der Waals surface area contributed by atoms with Crippen molar-refractivity contribution >= 4 is 21.8 Å². The van der Waals surface area contributed by atoms with Crippen molar-refractivity contribution in [1.82, 2.24) is 4.90 Å². The number of hydrogen-bond acceptors (Lipinski definition) is 3. The van der Waals surface area contributed by atoms with Crippen LogP contribution in [-0.2, 0) is 16.0 Å². The molecular weight excluding hydrogens is 346 g/mol. The van der Waals surface area contributed by atoms with Gasteiger partial charge in [0.1, 0.15) is 11.5 Å². The van der Waals surface area contributed by atoms with Crippen LogP contribution >= 0.6 is 15.9 Å². The third-order valence-corrected chi connectivity index (χ3v) is 4.44. The molecule has 1 aromatic carbocycles. The van der Waals surface area contributed by atoms with Crippen LogP contribution in [0.1, 0.15) is 12.2 Å². The van der Waals surface area contributed by atoms with Crippen molar-refractivity contribution in [2.45, 2.75) is 12.8 Å². The van der Waals surface area contributed by atoms with E-state index >= 15 is 0 Å². The van der Waals surface area contributed by atoms with Crippen LogP contribution in [0.4, 0.5) is 0 Å². The fourth-order valence-corrected chi connectivity index (χ4v) is 3.00. The van der Waals surface area contributed by atoms with Gasteiger partial charge in [0.15, 0.2) is 0 Å². The number of amides is 1. The van der Waals surface area contributed by atoms with E-state index in [1.54, 1.807) is 0 Å². The Labute approximate surface area is 138 Å². The van der Waals surface area contributed by atoms with E-state index in [0.29, 0.717) is 39.1 Å². The maximum atomic E-state index is 12.1. The van der Waals surface area contributed by atoms with Crippen LogP contribution in [-0.4, -0.2) is 37.1 Å². The second-order valence-corrected chi connectivity index (χ2v) is 6.09. The molecule has 1 aliphatic heterocycles. The largest absolute Gasteiger partial charge is 0.461 e. The molecule has 2 aromatic rings. The van der Waals surface area contributed by atoms with Crippen LogP contribution in [0.5, 0.6) is 0 Å². The number of carbonyl (C=O) groups excluding carboxylic acids is 1. The molecule has 0 saturated carbocycles. The monoisotopic (exact) mass is 363 g/mol. The Morgan fingerprint density at radius 1 is 1.14 bits per heavy atom. The smallest absolute Gasteiger partial charge is 0.223 e. The van der Waals surface area contributed by atoms with E-state index in [1.807, 2.05) is 41.3 Å². The Hall–Kier alpha value is -1.59. The summed E-state index contributed by atoms with van der Waals surface area (Å²) < 4.78 is 12.1. The van der Waals surface area contributed by atoms with Gasteiger partial charge in [-0.15, -0.1) is 0 Å². The first kappa shape index (κ1) is 15.3. The Bertz CT molecular complexity index is 647. The van der Waals surface area contributed by atoms with Gasteiger partial charge in [-0.3, -0.25) is 4.79 Å². The van der Waals surface area contributed by atoms with E-state index in [4.69, 9.17) is 9.15 Å². The molecule has 22 heavy (non-hydrogen) atoms. The lowest BCUT2D eigenvalue weighted by molar-refractivity contribution is -0.135. The average molecular weight is 364 g/mol. The molecule has 0 atom stereocenters. The fraction of sp³-hybridized carbons (Fsp3) is 0.353. The molecule has 0 radical (unpaired) electrons. The lowest BCUT2D eigenvalue weighted by atomic mass is 10.2. The van der Waals surface area contributed by atoms with Gasteiger partial charge in [-0.2, -0.15) is 0 Å². The first-order chi connectivity index (χ1) is 10.7. The second kappa shape index (κ2) is 7.11. The fourth-order valence-electron chi connectivity index (χ4n) is 2.52. The number of hydrogen-bond donors (Lipinski definition) is 0. The van der Waals surface area contributed by atoms with Gasteiger partial charge in [0.2, 0.25) is 5.91 Å². The van der Waals surface area contributed by atoms with Gasteiger partial charge >= 0.3 is 0 Å². The number of carbonyl (C=O) groups is 1. The summed E-state index contributed by atoms with van der Waals surface area (Å²) in [6.07, 6.45) is 1.10. The van der Waals surface area contributed by atoms with Gasteiger partial charge < -0.3 is 14.1 Å². The van der Waals surface area contributed by atoms with E-state index in [2.05, 4.69) is 15.9 Å². The number of aryl methyl sites for hydroxylation is 1. The van der Waals surface area contributed by atoms with Crippen LogP contribution in [0, 0.1) is 0 Å². The highest BCUT2D eigenvalue weighted by Crippen LogP contribution is 2.29. The Kier molecular flexibility index (Phi) is 4.95. The lowest BCUT2D eigenvalue weighted by Crippen LogP contribution is -2.40. The lowest BCUT2D eigenvalue weighted by Gasteiger charge is -2.26. The molecule has 0 spiro atoms. The van der Waals surface area contributed by atoms with Gasteiger partial charge in [-0.25, -0.2) is 0 Å². The minimum atomic E-state index is 0.169. The van der Waals surface area contributed by atoms with Crippen molar-refractivity contribution < 1.29 is 13.9 Å². The molecule has 116 valence electrons. The Morgan fingerprint density at radius 3 is 2.68 bits per heavy atom. The molecule has 1 aromatic heterocycles. The standard InChI is InChI=1S/C17H18BrNO3/c18-15-4-2-1-3-14(15)16-7-5-13(22-16)6-8-17(20)19-9-11-21-12-10-19/h1-5,7H,6,8-12H2. The maximum absolute atomic E-state index is 12.1. The average Bonchev–Trinajstić information content (AvgIpc) is 3.02. The van der Waals surface area contributed by atoms with Crippen LogP contribution in [0.25, 0.3) is 11.3 Å². The van der Waals surface area contributed by atoms with Gasteiger partial charge in [0.05, 0.1) is 13.2 Å². The van der Waals surface area contributed by atoms with Crippen LogP contribution in [0.2, 0.25) is 0 Å². The maximum Gasteiger partial charge on any atom is 0.223 e. The minimum absolute atomic E-state index is 0.169. The summed E-state index contributed by atoms with van der Waals surface area (Å²) in [5.74, 6) is 1.83. The zero-order valence-corrected chi connectivity index (χ0v) is 13.8. The van der Waals surface area contributed by atoms with E-state index in [9.17, 15) is 4.79 Å². The summed E-state index contributed by atoms with van der Waals surface area (Å²) in [7, 11) is 0. The summed E-state index contributed by atoms with van der Waals surface area (Å²) in [6.45, 7) is 2.66. The van der Waals surface area contributed by atoms with Crippen molar-refractivity contribution in [2.75, 3.05) is 26.3 Å². The molecule has 0 aliphatic carbocycles. The highest BCUT2D eigenvalue weighted by molar-refractivity contribution is 9.10. The predicted octanol–water partition coefficient (Wildman–Crippen LogP) is 3.50. The van der Waals surface area contributed by atoms with Gasteiger partial charge in [-0.05, 0) is 18.2 Å². The molecule has 2 heterocycles. The SMILES string of the molecule is O=C(CCc1ccc(-c2ccccc2Br)o1)N1CCOCC1. The molecular formula is C17H18BrNO3. The van der Waals surface area contributed by atoms with E-state index in [0.717, 1.165) is 21.6 Å². The number of nitrogens with zero attached hydrogens (tertiary/aromatic N) is 1. The summed E-state index contributed by atoms with van der Waals surface area (Å²) in [4.78, 5) is 14.0. The molecule has 0 bridgehead atoms. The quantitative estimate of drug-likeness (QED) is 0.834. The van der Waals surface area contributed by atoms with Crippen LogP contribution in [0.15, 0.2) is 45.3 Å². The number of morpholine rings is 1. The van der Waals surface area contributed by atoms with Crippen molar-refractivity contribution in [3.8, 4) is 11.3 Å². The summed E-state index contributed by atoms with van der Waals surface area (Å²) in [5.41, 5.74) is 1.02.